The molecular weight excluding hydrogens is 308 g/mol. The number of hydrogen-bond donors (Lipinski definition) is 2. The Labute approximate surface area is 134 Å². The van der Waals surface area contributed by atoms with Crippen molar-refractivity contribution in [1.82, 2.24) is 10.6 Å². The third-order valence-electron chi connectivity index (χ3n) is 2.70. The lowest BCUT2D eigenvalue weighted by molar-refractivity contribution is -0.144. The first kappa shape index (κ1) is 18.0. The summed E-state index contributed by atoms with van der Waals surface area (Å²) in [5.74, 6) is -0.889. The van der Waals surface area contributed by atoms with Crippen LogP contribution in [0.25, 0.3) is 0 Å². The molecule has 1 aromatic rings. The summed E-state index contributed by atoms with van der Waals surface area (Å²) in [6.07, 6.45) is 0.126. The molecule has 22 heavy (non-hydrogen) atoms. The summed E-state index contributed by atoms with van der Waals surface area (Å²) in [4.78, 5) is 34.3. The molecule has 2 amide bonds. The zero-order chi connectivity index (χ0) is 16.4. The molecule has 0 saturated carbocycles. The Morgan fingerprint density at radius 2 is 1.68 bits per heavy atom. The molecule has 0 spiro atoms. The third kappa shape index (κ3) is 7.08. The average Bonchev–Trinajstić information content (AvgIpc) is 2.50. The van der Waals surface area contributed by atoms with Crippen LogP contribution in [0.2, 0.25) is 5.02 Å². The molecule has 2 N–H and O–H groups in total. The van der Waals surface area contributed by atoms with Crippen LogP contribution in [0.3, 0.4) is 0 Å². The number of hydrogen-bond acceptors (Lipinski definition) is 4. The van der Waals surface area contributed by atoms with Crippen LogP contribution in [0.1, 0.15) is 30.1 Å². The van der Waals surface area contributed by atoms with Gasteiger partial charge in [-0.3, -0.25) is 14.4 Å². The predicted octanol–water partition coefficient (Wildman–Crippen LogP) is 1.53. The van der Waals surface area contributed by atoms with Gasteiger partial charge in [0, 0.05) is 30.1 Å². The summed E-state index contributed by atoms with van der Waals surface area (Å²) in [6, 6.07) is 6.51. The molecule has 0 aliphatic rings. The minimum absolute atomic E-state index is 0.0524. The molecule has 0 fully saturated rings. The van der Waals surface area contributed by atoms with E-state index in [-0.39, 0.29) is 24.7 Å². The molecule has 0 bridgehead atoms. The van der Waals surface area contributed by atoms with Crippen LogP contribution in [-0.2, 0) is 14.3 Å². The molecule has 120 valence electrons. The zero-order valence-corrected chi connectivity index (χ0v) is 13.1. The van der Waals surface area contributed by atoms with Gasteiger partial charge >= 0.3 is 5.97 Å². The lowest BCUT2D eigenvalue weighted by Gasteiger charge is -2.07. The van der Waals surface area contributed by atoms with Gasteiger partial charge in [-0.15, -0.1) is 0 Å². The highest BCUT2D eigenvalue weighted by Crippen LogP contribution is 2.09. The first-order valence-corrected chi connectivity index (χ1v) is 7.36. The maximum atomic E-state index is 11.8. The second kappa shape index (κ2) is 9.78. The summed E-state index contributed by atoms with van der Waals surface area (Å²) >= 11 is 5.74. The van der Waals surface area contributed by atoms with E-state index in [1.807, 2.05) is 0 Å². The van der Waals surface area contributed by atoms with Gasteiger partial charge in [0.25, 0.3) is 5.91 Å². The molecule has 0 unspecified atom stereocenters. The maximum absolute atomic E-state index is 11.8. The molecule has 0 saturated heterocycles. The van der Waals surface area contributed by atoms with E-state index in [2.05, 4.69) is 10.6 Å². The quantitative estimate of drug-likeness (QED) is 0.560. The number of esters is 1. The molecule has 0 radical (unpaired) electrons. The summed E-state index contributed by atoms with van der Waals surface area (Å²) in [5.41, 5.74) is 0.498. The highest BCUT2D eigenvalue weighted by Gasteiger charge is 2.08. The Balaban J connectivity index is 2.16. The van der Waals surface area contributed by atoms with Gasteiger partial charge in [0.15, 0.2) is 0 Å². The van der Waals surface area contributed by atoms with Crippen molar-refractivity contribution in [2.24, 2.45) is 0 Å². The monoisotopic (exact) mass is 326 g/mol. The van der Waals surface area contributed by atoms with Crippen LogP contribution < -0.4 is 10.6 Å². The number of ether oxygens (including phenoxy) is 1. The van der Waals surface area contributed by atoms with Crippen LogP contribution in [0.15, 0.2) is 24.3 Å². The summed E-state index contributed by atoms with van der Waals surface area (Å²) in [6.45, 7) is 2.60. The largest absolute Gasteiger partial charge is 0.466 e. The van der Waals surface area contributed by atoms with E-state index < -0.39 is 5.97 Å². The van der Waals surface area contributed by atoms with Gasteiger partial charge in [0.2, 0.25) is 5.91 Å². The van der Waals surface area contributed by atoms with Crippen LogP contribution in [0.4, 0.5) is 0 Å². The average molecular weight is 327 g/mol. The smallest absolute Gasteiger partial charge is 0.306 e. The number of rotatable bonds is 8. The molecule has 1 aromatic carbocycles. The van der Waals surface area contributed by atoms with Crippen molar-refractivity contribution < 1.29 is 19.1 Å². The van der Waals surface area contributed by atoms with E-state index in [1.54, 1.807) is 31.2 Å². The van der Waals surface area contributed by atoms with Crippen molar-refractivity contribution in [1.29, 1.82) is 0 Å². The molecule has 0 heterocycles. The number of nitrogens with one attached hydrogen (secondary N) is 2. The van der Waals surface area contributed by atoms with Crippen molar-refractivity contribution in [3.8, 4) is 0 Å². The fraction of sp³-hybridized carbons (Fsp3) is 0.400. The van der Waals surface area contributed by atoms with E-state index >= 15 is 0 Å². The molecule has 7 heteroatoms. The van der Waals surface area contributed by atoms with E-state index in [9.17, 15) is 14.4 Å². The highest BCUT2D eigenvalue weighted by atomic mass is 35.5. The van der Waals surface area contributed by atoms with E-state index in [4.69, 9.17) is 16.3 Å². The molecule has 1 rings (SSSR count). The molecule has 0 aliphatic heterocycles. The first-order valence-electron chi connectivity index (χ1n) is 6.99. The fourth-order valence-electron chi connectivity index (χ4n) is 1.62. The van der Waals surface area contributed by atoms with Crippen molar-refractivity contribution in [3.05, 3.63) is 34.9 Å². The molecule has 0 aliphatic carbocycles. The molecule has 0 aromatic heterocycles. The number of carbonyl (C=O) groups is 3. The number of halogens is 1. The summed E-state index contributed by atoms with van der Waals surface area (Å²) < 4.78 is 4.72. The molecule has 6 nitrogen and oxygen atoms in total. The Kier molecular flexibility index (Phi) is 7.99. The predicted molar refractivity (Wildman–Crippen MR) is 82.7 cm³/mol. The lowest BCUT2D eigenvalue weighted by Crippen LogP contribution is -2.34. The van der Waals surface area contributed by atoms with Crippen molar-refractivity contribution in [3.63, 3.8) is 0 Å². The van der Waals surface area contributed by atoms with Crippen LogP contribution in [-0.4, -0.2) is 37.5 Å². The zero-order valence-electron chi connectivity index (χ0n) is 12.4. The Morgan fingerprint density at radius 3 is 2.32 bits per heavy atom. The lowest BCUT2D eigenvalue weighted by atomic mass is 10.2. The van der Waals surface area contributed by atoms with Crippen molar-refractivity contribution in [2.45, 2.75) is 19.8 Å². The number of benzene rings is 1. The highest BCUT2D eigenvalue weighted by molar-refractivity contribution is 6.30. The SMILES string of the molecule is CCOC(=O)CCC(=O)NCCNC(=O)c1ccc(Cl)cc1. The Bertz CT molecular complexity index is 517. The second-order valence-electron chi connectivity index (χ2n) is 4.42. The minimum Gasteiger partial charge on any atom is -0.466 e. The van der Waals surface area contributed by atoms with Crippen LogP contribution >= 0.6 is 11.6 Å². The van der Waals surface area contributed by atoms with Crippen LogP contribution in [0.5, 0.6) is 0 Å². The van der Waals surface area contributed by atoms with Gasteiger partial charge in [-0.2, -0.15) is 0 Å². The van der Waals surface area contributed by atoms with Gasteiger partial charge in [0.1, 0.15) is 0 Å². The van der Waals surface area contributed by atoms with Gasteiger partial charge < -0.3 is 15.4 Å². The van der Waals surface area contributed by atoms with Crippen molar-refractivity contribution >= 4 is 29.4 Å². The number of carbonyl (C=O) groups excluding carboxylic acids is 3. The number of amides is 2. The van der Waals surface area contributed by atoms with Gasteiger partial charge in [-0.1, -0.05) is 11.6 Å². The van der Waals surface area contributed by atoms with Crippen molar-refractivity contribution in [2.75, 3.05) is 19.7 Å². The summed E-state index contributed by atoms with van der Waals surface area (Å²) in [5, 5.41) is 5.84. The van der Waals surface area contributed by atoms with E-state index in [0.29, 0.717) is 30.3 Å². The van der Waals surface area contributed by atoms with E-state index in [0.717, 1.165) is 0 Å². The maximum Gasteiger partial charge on any atom is 0.306 e. The van der Waals surface area contributed by atoms with Gasteiger partial charge in [0.05, 0.1) is 13.0 Å². The van der Waals surface area contributed by atoms with Crippen LogP contribution in [0, 0.1) is 0 Å². The third-order valence-corrected chi connectivity index (χ3v) is 2.95. The minimum atomic E-state index is -0.395. The molecule has 0 atom stereocenters. The fourth-order valence-corrected chi connectivity index (χ4v) is 1.74. The summed E-state index contributed by atoms with van der Waals surface area (Å²) in [7, 11) is 0. The second-order valence-corrected chi connectivity index (χ2v) is 4.85. The Morgan fingerprint density at radius 1 is 1.05 bits per heavy atom. The molecular formula is C15H19ClN2O4. The van der Waals surface area contributed by atoms with Gasteiger partial charge in [-0.05, 0) is 31.2 Å². The van der Waals surface area contributed by atoms with E-state index in [1.165, 1.54) is 0 Å². The standard InChI is InChI=1S/C15H19ClN2O4/c1-2-22-14(20)8-7-13(19)17-9-10-18-15(21)11-3-5-12(16)6-4-11/h3-6H,2,7-10H2,1H3,(H,17,19)(H,18,21). The Hall–Kier alpha value is -2.08. The van der Waals surface area contributed by atoms with Gasteiger partial charge in [-0.25, -0.2) is 0 Å². The normalized spacial score (nSPS) is 9.91. The topological polar surface area (TPSA) is 84.5 Å². The first-order chi connectivity index (χ1) is 10.5.